The van der Waals surface area contributed by atoms with Crippen molar-refractivity contribution in [3.05, 3.63) is 41.5 Å². The Bertz CT molecular complexity index is 380. The molecule has 2 N–H and O–H groups in total. The van der Waals surface area contributed by atoms with Gasteiger partial charge in [0.15, 0.2) is 0 Å². The van der Waals surface area contributed by atoms with Gasteiger partial charge in [0, 0.05) is 4.90 Å². The first-order valence-corrected chi connectivity index (χ1v) is 7.47. The maximum absolute atomic E-state index is 6.32. The van der Waals surface area contributed by atoms with Crippen molar-refractivity contribution < 1.29 is 0 Å². The molecule has 0 heterocycles. The summed E-state index contributed by atoms with van der Waals surface area (Å²) in [7, 11) is 0. The third-order valence-electron chi connectivity index (χ3n) is 3.28. The fourth-order valence-corrected chi connectivity index (χ4v) is 2.96. The Morgan fingerprint density at radius 1 is 1.24 bits per heavy atom. The van der Waals surface area contributed by atoms with Crippen molar-refractivity contribution in [2.24, 2.45) is 5.73 Å². The SMILES string of the molecule is CCSc1ccc(C(N)C2=CCCCC2)cc1. The molecule has 0 fully saturated rings. The van der Waals surface area contributed by atoms with E-state index >= 15 is 0 Å². The molecule has 17 heavy (non-hydrogen) atoms. The maximum atomic E-state index is 6.32. The van der Waals surface area contributed by atoms with Gasteiger partial charge >= 0.3 is 0 Å². The Hall–Kier alpha value is -0.730. The zero-order chi connectivity index (χ0) is 12.1. The van der Waals surface area contributed by atoms with Crippen LogP contribution in [0.4, 0.5) is 0 Å². The van der Waals surface area contributed by atoms with E-state index in [1.807, 2.05) is 11.8 Å². The molecule has 0 radical (unpaired) electrons. The highest BCUT2D eigenvalue weighted by molar-refractivity contribution is 7.99. The number of thioether (sulfide) groups is 1. The zero-order valence-electron chi connectivity index (χ0n) is 10.5. The molecule has 0 aliphatic heterocycles. The van der Waals surface area contributed by atoms with Gasteiger partial charge in [-0.25, -0.2) is 0 Å². The Kier molecular flexibility index (Phi) is 4.69. The number of nitrogens with two attached hydrogens (primary N) is 1. The van der Waals surface area contributed by atoms with Crippen LogP contribution in [0.25, 0.3) is 0 Å². The van der Waals surface area contributed by atoms with E-state index in [4.69, 9.17) is 5.73 Å². The van der Waals surface area contributed by atoms with Gasteiger partial charge in [-0.05, 0) is 49.1 Å². The molecule has 92 valence electrons. The van der Waals surface area contributed by atoms with Gasteiger partial charge in [0.1, 0.15) is 0 Å². The van der Waals surface area contributed by atoms with E-state index in [1.165, 1.54) is 41.7 Å². The van der Waals surface area contributed by atoms with Crippen LogP contribution in [0.2, 0.25) is 0 Å². The summed E-state index contributed by atoms with van der Waals surface area (Å²) in [6.07, 6.45) is 7.33. The molecule has 1 aromatic rings. The molecule has 1 aliphatic carbocycles. The van der Waals surface area contributed by atoms with Crippen LogP contribution in [-0.4, -0.2) is 5.75 Å². The normalized spacial score (nSPS) is 17.6. The van der Waals surface area contributed by atoms with E-state index in [-0.39, 0.29) is 6.04 Å². The summed E-state index contributed by atoms with van der Waals surface area (Å²) in [4.78, 5) is 1.33. The van der Waals surface area contributed by atoms with Crippen LogP contribution in [0.3, 0.4) is 0 Å². The van der Waals surface area contributed by atoms with Crippen molar-refractivity contribution in [1.82, 2.24) is 0 Å². The van der Waals surface area contributed by atoms with Gasteiger partial charge in [0.2, 0.25) is 0 Å². The molecule has 2 rings (SSSR count). The van der Waals surface area contributed by atoms with Crippen LogP contribution in [0.5, 0.6) is 0 Å². The van der Waals surface area contributed by atoms with Crippen molar-refractivity contribution in [3.63, 3.8) is 0 Å². The minimum atomic E-state index is 0.107. The Morgan fingerprint density at radius 3 is 2.59 bits per heavy atom. The van der Waals surface area contributed by atoms with E-state index in [0.717, 1.165) is 5.75 Å². The van der Waals surface area contributed by atoms with Crippen molar-refractivity contribution in [2.75, 3.05) is 5.75 Å². The smallest absolute Gasteiger partial charge is 0.0510 e. The standard InChI is InChI=1S/C15H21NS/c1-2-17-14-10-8-13(9-11-14)15(16)12-6-4-3-5-7-12/h6,8-11,15H,2-5,7,16H2,1H3. The van der Waals surface area contributed by atoms with E-state index < -0.39 is 0 Å². The highest BCUT2D eigenvalue weighted by Crippen LogP contribution is 2.29. The predicted molar refractivity (Wildman–Crippen MR) is 76.3 cm³/mol. The lowest BCUT2D eigenvalue weighted by Crippen LogP contribution is -2.14. The third kappa shape index (κ3) is 3.36. The molecule has 1 aromatic carbocycles. The fraction of sp³-hybridized carbons (Fsp3) is 0.467. The summed E-state index contributed by atoms with van der Waals surface area (Å²) in [6, 6.07) is 8.84. The van der Waals surface area contributed by atoms with Crippen LogP contribution < -0.4 is 5.73 Å². The Morgan fingerprint density at radius 2 is 2.00 bits per heavy atom. The lowest BCUT2D eigenvalue weighted by atomic mass is 9.90. The van der Waals surface area contributed by atoms with E-state index in [9.17, 15) is 0 Å². The summed E-state index contributed by atoms with van der Waals surface area (Å²) in [5.41, 5.74) is 8.99. The van der Waals surface area contributed by atoms with Gasteiger partial charge < -0.3 is 5.73 Å². The maximum Gasteiger partial charge on any atom is 0.0510 e. The summed E-state index contributed by atoms with van der Waals surface area (Å²) in [5.74, 6) is 1.12. The summed E-state index contributed by atoms with van der Waals surface area (Å²) in [6.45, 7) is 2.18. The van der Waals surface area contributed by atoms with Crippen LogP contribution in [0.1, 0.15) is 44.2 Å². The molecule has 0 amide bonds. The Labute approximate surface area is 108 Å². The first-order chi connectivity index (χ1) is 8.31. The molecule has 2 heteroatoms. The van der Waals surface area contributed by atoms with Crippen molar-refractivity contribution in [3.8, 4) is 0 Å². The minimum Gasteiger partial charge on any atom is -0.321 e. The average Bonchev–Trinajstić information content (AvgIpc) is 2.40. The predicted octanol–water partition coefficient (Wildman–Crippen LogP) is 4.30. The second kappa shape index (κ2) is 6.27. The quantitative estimate of drug-likeness (QED) is 0.634. The first kappa shape index (κ1) is 12.7. The lowest BCUT2D eigenvalue weighted by molar-refractivity contribution is 0.648. The fourth-order valence-electron chi connectivity index (χ4n) is 2.30. The van der Waals surface area contributed by atoms with Gasteiger partial charge in [-0.3, -0.25) is 0 Å². The average molecular weight is 247 g/mol. The highest BCUT2D eigenvalue weighted by Gasteiger charge is 2.13. The number of hydrogen-bond donors (Lipinski definition) is 1. The number of hydrogen-bond acceptors (Lipinski definition) is 2. The Balaban J connectivity index is 2.08. The summed E-state index contributed by atoms with van der Waals surface area (Å²) in [5, 5.41) is 0. The number of allylic oxidation sites excluding steroid dienone is 1. The van der Waals surface area contributed by atoms with Crippen LogP contribution in [0, 0.1) is 0 Å². The zero-order valence-corrected chi connectivity index (χ0v) is 11.3. The monoisotopic (exact) mass is 247 g/mol. The number of rotatable bonds is 4. The molecule has 0 bridgehead atoms. The van der Waals surface area contributed by atoms with Crippen LogP contribution in [-0.2, 0) is 0 Å². The van der Waals surface area contributed by atoms with Crippen molar-refractivity contribution >= 4 is 11.8 Å². The van der Waals surface area contributed by atoms with Gasteiger partial charge in [0.05, 0.1) is 6.04 Å². The molecule has 0 saturated carbocycles. The highest BCUT2D eigenvalue weighted by atomic mass is 32.2. The van der Waals surface area contributed by atoms with E-state index in [1.54, 1.807) is 0 Å². The molecule has 0 saturated heterocycles. The lowest BCUT2D eigenvalue weighted by Gasteiger charge is -2.20. The second-order valence-electron chi connectivity index (χ2n) is 4.50. The summed E-state index contributed by atoms with van der Waals surface area (Å²) >= 11 is 1.88. The van der Waals surface area contributed by atoms with Gasteiger partial charge in [-0.2, -0.15) is 0 Å². The van der Waals surface area contributed by atoms with Gasteiger partial charge in [-0.15, -0.1) is 11.8 Å². The van der Waals surface area contributed by atoms with Crippen molar-refractivity contribution in [2.45, 2.75) is 43.5 Å². The molecular formula is C15H21NS. The summed E-state index contributed by atoms with van der Waals surface area (Å²) < 4.78 is 0. The molecule has 0 aromatic heterocycles. The van der Waals surface area contributed by atoms with E-state index in [2.05, 4.69) is 37.3 Å². The molecule has 1 nitrogen and oxygen atoms in total. The molecule has 1 aliphatic rings. The van der Waals surface area contributed by atoms with Crippen LogP contribution in [0.15, 0.2) is 40.8 Å². The minimum absolute atomic E-state index is 0.107. The second-order valence-corrected chi connectivity index (χ2v) is 5.84. The topological polar surface area (TPSA) is 26.0 Å². The van der Waals surface area contributed by atoms with E-state index in [0.29, 0.717) is 0 Å². The molecule has 0 spiro atoms. The van der Waals surface area contributed by atoms with Gasteiger partial charge in [-0.1, -0.05) is 30.7 Å². The van der Waals surface area contributed by atoms with Crippen LogP contribution >= 0.6 is 11.8 Å². The van der Waals surface area contributed by atoms with Gasteiger partial charge in [0.25, 0.3) is 0 Å². The first-order valence-electron chi connectivity index (χ1n) is 6.48. The number of benzene rings is 1. The molecule has 1 atom stereocenters. The van der Waals surface area contributed by atoms with Crippen molar-refractivity contribution in [1.29, 1.82) is 0 Å². The largest absolute Gasteiger partial charge is 0.321 e. The molecule has 1 unspecified atom stereocenters. The third-order valence-corrected chi connectivity index (χ3v) is 4.17. The molecular weight excluding hydrogens is 226 g/mol.